The zero-order valence-electron chi connectivity index (χ0n) is 11.4. The van der Waals surface area contributed by atoms with Crippen molar-refractivity contribution in [3.05, 3.63) is 11.6 Å². The average molecular weight is 254 g/mol. The summed E-state index contributed by atoms with van der Waals surface area (Å²) in [5.41, 5.74) is 1.21. The van der Waals surface area contributed by atoms with Crippen LogP contribution in [0.15, 0.2) is 11.6 Å². The van der Waals surface area contributed by atoms with Crippen molar-refractivity contribution in [3.63, 3.8) is 0 Å². The van der Waals surface area contributed by atoms with Gasteiger partial charge in [-0.05, 0) is 31.6 Å². The van der Waals surface area contributed by atoms with E-state index < -0.39 is 5.79 Å². The van der Waals surface area contributed by atoms with E-state index in [0.29, 0.717) is 18.4 Å². The van der Waals surface area contributed by atoms with Crippen molar-refractivity contribution in [2.45, 2.75) is 38.4 Å². The minimum absolute atomic E-state index is 0.211. The number of carbonyl (C=O) groups excluding carboxylic acids is 1. The van der Waals surface area contributed by atoms with Crippen molar-refractivity contribution in [1.82, 2.24) is 0 Å². The first-order chi connectivity index (χ1) is 8.62. The first-order valence-corrected chi connectivity index (χ1v) is 6.59. The Hall–Kier alpha value is -0.870. The van der Waals surface area contributed by atoms with Crippen LogP contribution in [0.2, 0.25) is 0 Å². The number of ether oxygens (including phenoxy) is 3. The van der Waals surface area contributed by atoms with E-state index in [1.165, 1.54) is 5.57 Å². The molecule has 0 radical (unpaired) electrons. The molecule has 0 heterocycles. The van der Waals surface area contributed by atoms with Crippen LogP contribution in [0.5, 0.6) is 0 Å². The number of esters is 1. The zero-order chi connectivity index (χ0) is 13.2. The first kappa shape index (κ1) is 13.6. The number of fused-ring (bicyclic) bond motifs is 1. The lowest BCUT2D eigenvalue weighted by Gasteiger charge is -2.26. The highest BCUT2D eigenvalue weighted by molar-refractivity contribution is 5.82. The van der Waals surface area contributed by atoms with Gasteiger partial charge in [0.1, 0.15) is 0 Å². The number of hydrogen-bond donors (Lipinski definition) is 0. The van der Waals surface area contributed by atoms with Crippen molar-refractivity contribution < 1.29 is 19.0 Å². The SMILES string of the molecule is CCOC(=O)C=C1C[C@@H]2CC(OC)(OC)C[C@@H]2C1. The van der Waals surface area contributed by atoms with Gasteiger partial charge in [-0.25, -0.2) is 4.79 Å². The third-order valence-corrected chi connectivity index (χ3v) is 4.21. The fourth-order valence-corrected chi connectivity index (χ4v) is 3.34. The molecule has 2 atom stereocenters. The van der Waals surface area contributed by atoms with E-state index in [4.69, 9.17) is 14.2 Å². The second kappa shape index (κ2) is 5.41. The Morgan fingerprint density at radius 3 is 2.28 bits per heavy atom. The molecule has 0 aromatic carbocycles. The third kappa shape index (κ3) is 2.59. The molecule has 0 saturated heterocycles. The predicted molar refractivity (Wildman–Crippen MR) is 66.9 cm³/mol. The van der Waals surface area contributed by atoms with Gasteiger partial charge in [-0.3, -0.25) is 0 Å². The standard InChI is InChI=1S/C14H22O4/c1-4-18-13(15)7-10-5-11-8-14(16-2,17-3)9-12(11)6-10/h7,11-12H,4-6,8-9H2,1-3H3/t11-,12+. The van der Waals surface area contributed by atoms with E-state index in [2.05, 4.69) is 0 Å². The third-order valence-electron chi connectivity index (χ3n) is 4.21. The van der Waals surface area contributed by atoms with Crippen molar-refractivity contribution in [2.75, 3.05) is 20.8 Å². The second-order valence-corrected chi connectivity index (χ2v) is 5.21. The molecule has 0 bridgehead atoms. The quantitative estimate of drug-likeness (QED) is 0.438. The number of allylic oxidation sites excluding steroid dienone is 1. The molecule has 0 unspecified atom stereocenters. The molecule has 0 spiro atoms. The van der Waals surface area contributed by atoms with Crippen LogP contribution in [0.1, 0.15) is 32.6 Å². The predicted octanol–water partition coefficient (Wildman–Crippen LogP) is 2.29. The van der Waals surface area contributed by atoms with Crippen LogP contribution in [0.4, 0.5) is 0 Å². The van der Waals surface area contributed by atoms with Crippen LogP contribution >= 0.6 is 0 Å². The summed E-state index contributed by atoms with van der Waals surface area (Å²) in [4.78, 5) is 11.4. The summed E-state index contributed by atoms with van der Waals surface area (Å²) in [6, 6.07) is 0. The molecule has 2 saturated carbocycles. The summed E-state index contributed by atoms with van der Waals surface area (Å²) in [6.45, 7) is 2.26. The highest BCUT2D eigenvalue weighted by atomic mass is 16.7. The Balaban J connectivity index is 1.95. The molecule has 2 rings (SSSR count). The Kier molecular flexibility index (Phi) is 4.07. The molecule has 0 aromatic heterocycles. The lowest BCUT2D eigenvalue weighted by atomic mass is 10.0. The van der Waals surface area contributed by atoms with Gasteiger partial charge in [0.15, 0.2) is 5.79 Å². The summed E-state index contributed by atoms with van der Waals surface area (Å²) in [6.07, 6.45) is 5.45. The summed E-state index contributed by atoms with van der Waals surface area (Å²) >= 11 is 0. The largest absolute Gasteiger partial charge is 0.463 e. The molecule has 4 nitrogen and oxygen atoms in total. The Bertz CT molecular complexity index is 326. The van der Waals surface area contributed by atoms with Crippen LogP contribution in [-0.2, 0) is 19.0 Å². The lowest BCUT2D eigenvalue weighted by molar-refractivity contribution is -0.204. The molecule has 2 fully saturated rings. The van der Waals surface area contributed by atoms with Crippen LogP contribution in [0.3, 0.4) is 0 Å². The van der Waals surface area contributed by atoms with Crippen LogP contribution in [0, 0.1) is 11.8 Å². The van der Waals surface area contributed by atoms with Crippen LogP contribution < -0.4 is 0 Å². The summed E-state index contributed by atoms with van der Waals surface area (Å²) in [7, 11) is 3.42. The van der Waals surface area contributed by atoms with Gasteiger partial charge in [0.05, 0.1) is 6.61 Å². The fraction of sp³-hybridized carbons (Fsp3) is 0.786. The van der Waals surface area contributed by atoms with Gasteiger partial charge >= 0.3 is 5.97 Å². The highest BCUT2D eigenvalue weighted by Gasteiger charge is 2.48. The van der Waals surface area contributed by atoms with E-state index in [-0.39, 0.29) is 5.97 Å². The summed E-state index contributed by atoms with van der Waals surface area (Å²) in [5.74, 6) is 0.540. The molecule has 0 aliphatic heterocycles. The molecule has 2 aliphatic rings. The highest BCUT2D eigenvalue weighted by Crippen LogP contribution is 2.52. The number of carbonyl (C=O) groups is 1. The fourth-order valence-electron chi connectivity index (χ4n) is 3.34. The maximum Gasteiger partial charge on any atom is 0.330 e. The van der Waals surface area contributed by atoms with Crippen molar-refractivity contribution >= 4 is 5.97 Å². The Morgan fingerprint density at radius 2 is 1.83 bits per heavy atom. The zero-order valence-corrected chi connectivity index (χ0v) is 11.4. The minimum atomic E-state index is -0.398. The summed E-state index contributed by atoms with van der Waals surface area (Å²) < 4.78 is 16.0. The monoisotopic (exact) mass is 254 g/mol. The molecular weight excluding hydrogens is 232 g/mol. The van der Waals surface area contributed by atoms with E-state index in [0.717, 1.165) is 25.7 Å². The number of methoxy groups -OCH3 is 2. The van der Waals surface area contributed by atoms with Gasteiger partial charge in [0.25, 0.3) is 0 Å². The molecule has 0 N–H and O–H groups in total. The molecule has 2 aliphatic carbocycles. The maximum absolute atomic E-state index is 11.4. The van der Waals surface area contributed by atoms with E-state index in [1.807, 2.05) is 6.92 Å². The van der Waals surface area contributed by atoms with Crippen molar-refractivity contribution in [1.29, 1.82) is 0 Å². The van der Waals surface area contributed by atoms with Crippen molar-refractivity contribution in [3.8, 4) is 0 Å². The number of hydrogen-bond acceptors (Lipinski definition) is 4. The van der Waals surface area contributed by atoms with Gasteiger partial charge in [-0.1, -0.05) is 5.57 Å². The first-order valence-electron chi connectivity index (χ1n) is 6.59. The molecule has 0 amide bonds. The van der Waals surface area contributed by atoms with E-state index in [1.54, 1.807) is 20.3 Å². The molecular formula is C14H22O4. The molecule has 4 heteroatoms. The van der Waals surface area contributed by atoms with Gasteiger partial charge < -0.3 is 14.2 Å². The molecule has 0 aromatic rings. The molecule has 102 valence electrons. The Labute approximate surface area is 108 Å². The van der Waals surface area contributed by atoms with Crippen LogP contribution in [-0.4, -0.2) is 32.6 Å². The van der Waals surface area contributed by atoms with Gasteiger partial charge in [0.2, 0.25) is 0 Å². The minimum Gasteiger partial charge on any atom is -0.463 e. The van der Waals surface area contributed by atoms with Crippen molar-refractivity contribution in [2.24, 2.45) is 11.8 Å². The lowest BCUT2D eigenvalue weighted by Crippen LogP contribution is -2.30. The summed E-state index contributed by atoms with van der Waals surface area (Å²) in [5, 5.41) is 0. The number of rotatable bonds is 4. The maximum atomic E-state index is 11.4. The topological polar surface area (TPSA) is 44.8 Å². The van der Waals surface area contributed by atoms with Gasteiger partial charge in [0, 0.05) is 33.1 Å². The molecule has 18 heavy (non-hydrogen) atoms. The Morgan fingerprint density at radius 1 is 1.28 bits per heavy atom. The second-order valence-electron chi connectivity index (χ2n) is 5.21. The smallest absolute Gasteiger partial charge is 0.330 e. The van der Waals surface area contributed by atoms with E-state index >= 15 is 0 Å². The normalized spacial score (nSPS) is 31.6. The van der Waals surface area contributed by atoms with Gasteiger partial charge in [-0.15, -0.1) is 0 Å². The van der Waals surface area contributed by atoms with E-state index in [9.17, 15) is 4.79 Å². The average Bonchev–Trinajstić information content (AvgIpc) is 2.84. The van der Waals surface area contributed by atoms with Crippen LogP contribution in [0.25, 0.3) is 0 Å². The van der Waals surface area contributed by atoms with Gasteiger partial charge in [-0.2, -0.15) is 0 Å².